The van der Waals surface area contributed by atoms with Crippen LogP contribution in [-0.2, 0) is 9.53 Å². The number of amides is 1. The van der Waals surface area contributed by atoms with Crippen molar-refractivity contribution in [2.24, 2.45) is 5.92 Å². The van der Waals surface area contributed by atoms with Crippen LogP contribution in [0, 0.1) is 5.92 Å². The third-order valence-electron chi connectivity index (χ3n) is 2.96. The zero-order chi connectivity index (χ0) is 12.0. The summed E-state index contributed by atoms with van der Waals surface area (Å²) in [6.07, 6.45) is 2.07. The lowest BCUT2D eigenvalue weighted by atomic mass is 10.0. The minimum atomic E-state index is 0.0356. The van der Waals surface area contributed by atoms with E-state index in [2.05, 4.69) is 12.2 Å². The van der Waals surface area contributed by atoms with E-state index in [-0.39, 0.29) is 11.9 Å². The monoisotopic (exact) mass is 228 g/mol. The lowest BCUT2D eigenvalue weighted by Crippen LogP contribution is -2.51. The van der Waals surface area contributed by atoms with Crippen molar-refractivity contribution >= 4 is 5.91 Å². The van der Waals surface area contributed by atoms with E-state index in [4.69, 9.17) is 4.74 Å². The average Bonchev–Trinajstić information content (AvgIpc) is 2.24. The summed E-state index contributed by atoms with van der Waals surface area (Å²) in [5.74, 6) is 0.672. The fourth-order valence-corrected chi connectivity index (χ4v) is 2.27. The maximum absolute atomic E-state index is 12.1. The van der Waals surface area contributed by atoms with Crippen molar-refractivity contribution in [2.45, 2.75) is 32.7 Å². The number of carbonyl (C=O) groups is 1. The van der Waals surface area contributed by atoms with Crippen LogP contribution in [0.1, 0.15) is 26.7 Å². The number of hydrogen-bond acceptors (Lipinski definition) is 3. The molecular formula is C12H24N2O2. The van der Waals surface area contributed by atoms with Crippen molar-refractivity contribution < 1.29 is 9.53 Å². The molecule has 2 unspecified atom stereocenters. The van der Waals surface area contributed by atoms with Gasteiger partial charge in [0, 0.05) is 20.2 Å². The van der Waals surface area contributed by atoms with Crippen LogP contribution in [0.25, 0.3) is 0 Å². The van der Waals surface area contributed by atoms with Crippen LogP contribution >= 0.6 is 0 Å². The zero-order valence-corrected chi connectivity index (χ0v) is 10.7. The Kier molecular flexibility index (Phi) is 5.77. The molecule has 2 atom stereocenters. The van der Waals surface area contributed by atoms with E-state index in [1.54, 1.807) is 7.11 Å². The number of likely N-dealkylation sites (tertiary alicyclic amines) is 1. The predicted molar refractivity (Wildman–Crippen MR) is 64.3 cm³/mol. The number of hydrogen-bond donors (Lipinski definition) is 1. The van der Waals surface area contributed by atoms with Crippen LogP contribution in [0.15, 0.2) is 0 Å². The van der Waals surface area contributed by atoms with Gasteiger partial charge in [-0.15, -0.1) is 0 Å². The molecule has 1 heterocycles. The second kappa shape index (κ2) is 6.86. The normalized spacial score (nSPS) is 23.6. The van der Waals surface area contributed by atoms with Crippen molar-refractivity contribution in [1.29, 1.82) is 0 Å². The highest BCUT2D eigenvalue weighted by Gasteiger charge is 2.28. The number of likely N-dealkylation sites (N-methyl/N-ethyl adjacent to an activating group) is 1. The molecule has 0 radical (unpaired) electrons. The molecule has 0 aromatic carbocycles. The van der Waals surface area contributed by atoms with Gasteiger partial charge >= 0.3 is 0 Å². The Morgan fingerprint density at radius 1 is 1.62 bits per heavy atom. The Morgan fingerprint density at radius 2 is 2.38 bits per heavy atom. The van der Waals surface area contributed by atoms with Crippen molar-refractivity contribution in [3.05, 3.63) is 0 Å². The SMILES string of the molecule is CCNC1CCCN(CC(C)COC)C1=O. The summed E-state index contributed by atoms with van der Waals surface area (Å²) in [4.78, 5) is 14.1. The number of nitrogens with zero attached hydrogens (tertiary/aromatic N) is 1. The van der Waals surface area contributed by atoms with Gasteiger partial charge in [0.25, 0.3) is 0 Å². The maximum atomic E-state index is 12.1. The fraction of sp³-hybridized carbons (Fsp3) is 0.917. The van der Waals surface area contributed by atoms with E-state index in [1.807, 2.05) is 11.8 Å². The molecule has 0 spiro atoms. The fourth-order valence-electron chi connectivity index (χ4n) is 2.27. The second-order valence-corrected chi connectivity index (χ2v) is 4.60. The highest BCUT2D eigenvalue weighted by molar-refractivity contribution is 5.82. The average molecular weight is 228 g/mol. The molecule has 4 heteroatoms. The Balaban J connectivity index is 2.43. The first kappa shape index (κ1) is 13.5. The molecule has 1 amide bonds. The quantitative estimate of drug-likeness (QED) is 0.733. The number of methoxy groups -OCH3 is 1. The van der Waals surface area contributed by atoms with Gasteiger partial charge in [0.2, 0.25) is 5.91 Å². The maximum Gasteiger partial charge on any atom is 0.239 e. The number of nitrogens with one attached hydrogen (secondary N) is 1. The number of ether oxygens (including phenoxy) is 1. The largest absolute Gasteiger partial charge is 0.384 e. The lowest BCUT2D eigenvalue weighted by molar-refractivity contribution is -0.136. The van der Waals surface area contributed by atoms with Crippen LogP contribution in [-0.4, -0.2) is 50.2 Å². The van der Waals surface area contributed by atoms with Gasteiger partial charge in [-0.1, -0.05) is 13.8 Å². The molecule has 1 aliphatic heterocycles. The second-order valence-electron chi connectivity index (χ2n) is 4.60. The van der Waals surface area contributed by atoms with Gasteiger partial charge < -0.3 is 15.0 Å². The van der Waals surface area contributed by atoms with E-state index in [0.29, 0.717) is 5.92 Å². The molecule has 16 heavy (non-hydrogen) atoms. The molecular weight excluding hydrogens is 204 g/mol. The van der Waals surface area contributed by atoms with E-state index in [1.165, 1.54) is 0 Å². The highest BCUT2D eigenvalue weighted by atomic mass is 16.5. The molecule has 0 saturated carbocycles. The van der Waals surface area contributed by atoms with Gasteiger partial charge in [0.05, 0.1) is 12.6 Å². The van der Waals surface area contributed by atoms with Crippen LogP contribution in [0.4, 0.5) is 0 Å². The summed E-state index contributed by atoms with van der Waals surface area (Å²) in [6, 6.07) is 0.0356. The summed E-state index contributed by atoms with van der Waals surface area (Å²) in [5, 5.41) is 3.25. The molecule has 1 aliphatic rings. The Bertz CT molecular complexity index is 219. The first-order valence-electron chi connectivity index (χ1n) is 6.20. The lowest BCUT2D eigenvalue weighted by Gasteiger charge is -2.34. The first-order valence-corrected chi connectivity index (χ1v) is 6.20. The minimum Gasteiger partial charge on any atom is -0.384 e. The molecule has 1 fully saturated rings. The van der Waals surface area contributed by atoms with Crippen molar-refractivity contribution in [1.82, 2.24) is 10.2 Å². The number of piperidine rings is 1. The van der Waals surface area contributed by atoms with Gasteiger partial charge in [-0.25, -0.2) is 0 Å². The summed E-state index contributed by atoms with van der Waals surface area (Å²) in [5.41, 5.74) is 0. The third kappa shape index (κ3) is 3.76. The van der Waals surface area contributed by atoms with Crippen LogP contribution in [0.5, 0.6) is 0 Å². The Labute approximate surface area is 98.3 Å². The molecule has 94 valence electrons. The summed E-state index contributed by atoms with van der Waals surface area (Å²) in [6.45, 7) is 7.45. The molecule has 1 rings (SSSR count). The zero-order valence-electron chi connectivity index (χ0n) is 10.7. The highest BCUT2D eigenvalue weighted by Crippen LogP contribution is 2.13. The van der Waals surface area contributed by atoms with E-state index in [9.17, 15) is 4.79 Å². The topological polar surface area (TPSA) is 41.6 Å². The molecule has 0 aromatic rings. The van der Waals surface area contributed by atoms with Crippen molar-refractivity contribution in [3.8, 4) is 0 Å². The van der Waals surface area contributed by atoms with E-state index < -0.39 is 0 Å². The van der Waals surface area contributed by atoms with E-state index >= 15 is 0 Å². The van der Waals surface area contributed by atoms with Gasteiger partial charge in [-0.05, 0) is 25.3 Å². The molecule has 4 nitrogen and oxygen atoms in total. The van der Waals surface area contributed by atoms with Crippen LogP contribution in [0.3, 0.4) is 0 Å². The molecule has 0 aromatic heterocycles. The van der Waals surface area contributed by atoms with Crippen molar-refractivity contribution in [2.75, 3.05) is 33.4 Å². The van der Waals surface area contributed by atoms with Crippen LogP contribution < -0.4 is 5.32 Å². The smallest absolute Gasteiger partial charge is 0.239 e. The number of carbonyl (C=O) groups excluding carboxylic acids is 1. The summed E-state index contributed by atoms with van der Waals surface area (Å²) < 4.78 is 5.10. The summed E-state index contributed by atoms with van der Waals surface area (Å²) in [7, 11) is 1.70. The molecule has 0 aliphatic carbocycles. The van der Waals surface area contributed by atoms with Crippen molar-refractivity contribution in [3.63, 3.8) is 0 Å². The molecule has 1 saturated heterocycles. The Morgan fingerprint density at radius 3 is 3.00 bits per heavy atom. The predicted octanol–water partition coefficient (Wildman–Crippen LogP) is 0.869. The first-order chi connectivity index (χ1) is 7.69. The third-order valence-corrected chi connectivity index (χ3v) is 2.96. The van der Waals surface area contributed by atoms with Gasteiger partial charge in [0.15, 0.2) is 0 Å². The minimum absolute atomic E-state index is 0.0356. The Hall–Kier alpha value is -0.610. The van der Waals surface area contributed by atoms with E-state index in [0.717, 1.165) is 39.1 Å². The standard InChI is InChI=1S/C12H24N2O2/c1-4-13-11-6-5-7-14(12(11)15)8-10(2)9-16-3/h10-11,13H,4-9H2,1-3H3. The van der Waals surface area contributed by atoms with Gasteiger partial charge in [-0.2, -0.15) is 0 Å². The van der Waals surface area contributed by atoms with Gasteiger partial charge in [-0.3, -0.25) is 4.79 Å². The number of rotatable bonds is 6. The molecule has 1 N–H and O–H groups in total. The molecule has 0 bridgehead atoms. The van der Waals surface area contributed by atoms with Gasteiger partial charge in [0.1, 0.15) is 0 Å². The van der Waals surface area contributed by atoms with Crippen LogP contribution in [0.2, 0.25) is 0 Å². The summed E-state index contributed by atoms with van der Waals surface area (Å²) >= 11 is 0.